The highest BCUT2D eigenvalue weighted by Crippen LogP contribution is 2.27. The molecule has 0 saturated carbocycles. The number of rotatable bonds is 3. The van der Waals surface area contributed by atoms with Crippen molar-refractivity contribution >= 4 is 46.6 Å². The molecule has 1 aromatic carbocycles. The topological polar surface area (TPSA) is 89.2 Å². The summed E-state index contributed by atoms with van der Waals surface area (Å²) in [5.41, 5.74) is 6.30. The summed E-state index contributed by atoms with van der Waals surface area (Å²) in [6.45, 7) is 0. The van der Waals surface area contributed by atoms with E-state index >= 15 is 0 Å². The molecular formula is C11H10Cl3N5O. The maximum absolute atomic E-state index is 5.59. The fraction of sp³-hybridized carbons (Fsp3) is 0.182. The number of ether oxygens (including phenoxy) is 1. The van der Waals surface area contributed by atoms with Crippen LogP contribution in [0.2, 0.25) is 0 Å². The first-order valence-corrected chi connectivity index (χ1v) is 6.51. The highest BCUT2D eigenvalue weighted by Gasteiger charge is 2.25. The van der Waals surface area contributed by atoms with Crippen LogP contribution in [0.3, 0.4) is 0 Å². The van der Waals surface area contributed by atoms with E-state index in [0.29, 0.717) is 11.6 Å². The van der Waals surface area contributed by atoms with Crippen LogP contribution >= 0.6 is 34.8 Å². The van der Waals surface area contributed by atoms with Gasteiger partial charge in [0.1, 0.15) is 5.75 Å². The van der Waals surface area contributed by atoms with Crippen molar-refractivity contribution in [3.63, 3.8) is 0 Å². The van der Waals surface area contributed by atoms with Gasteiger partial charge in [0.2, 0.25) is 3.79 Å². The van der Waals surface area contributed by atoms with Crippen molar-refractivity contribution in [2.45, 2.75) is 3.79 Å². The number of halogens is 3. The van der Waals surface area contributed by atoms with Crippen LogP contribution in [0.25, 0.3) is 11.4 Å². The van der Waals surface area contributed by atoms with Crippen molar-refractivity contribution in [3.8, 4) is 17.1 Å². The molecule has 2 rings (SSSR count). The second-order valence-electron chi connectivity index (χ2n) is 3.71. The molecule has 2 aromatic rings. The van der Waals surface area contributed by atoms with Gasteiger partial charge in [0.15, 0.2) is 11.7 Å². The molecule has 0 unspecified atom stereocenters. The number of amidine groups is 1. The van der Waals surface area contributed by atoms with Gasteiger partial charge in [-0.1, -0.05) is 46.9 Å². The fourth-order valence-corrected chi connectivity index (χ4v) is 1.50. The molecule has 0 aliphatic heterocycles. The smallest absolute Gasteiger partial charge is 0.270 e. The van der Waals surface area contributed by atoms with Crippen LogP contribution in [0.4, 0.5) is 5.95 Å². The van der Waals surface area contributed by atoms with Crippen LogP contribution in [0, 0.1) is 0 Å². The van der Waals surface area contributed by atoms with E-state index in [1.54, 1.807) is 13.2 Å². The Hall–Kier alpha value is -1.50. The number of aliphatic imine (C=N–C) groups is 1. The molecule has 1 heterocycles. The minimum atomic E-state index is -1.79. The van der Waals surface area contributed by atoms with E-state index in [1.807, 2.05) is 18.2 Å². The normalized spacial score (nSPS) is 12.5. The van der Waals surface area contributed by atoms with Crippen LogP contribution in [0.5, 0.6) is 5.75 Å². The lowest BCUT2D eigenvalue weighted by Crippen LogP contribution is -2.27. The number of alkyl halides is 3. The van der Waals surface area contributed by atoms with Crippen molar-refractivity contribution in [1.29, 1.82) is 0 Å². The first-order valence-electron chi connectivity index (χ1n) is 5.38. The Morgan fingerprint density at radius 1 is 1.40 bits per heavy atom. The quantitative estimate of drug-likeness (QED) is 0.513. The van der Waals surface area contributed by atoms with E-state index in [9.17, 15) is 0 Å². The lowest BCUT2D eigenvalue weighted by molar-refractivity contribution is 0.415. The van der Waals surface area contributed by atoms with Crippen LogP contribution < -0.4 is 10.5 Å². The Balaban J connectivity index is 2.29. The molecule has 0 amide bonds. The zero-order chi connectivity index (χ0) is 14.8. The van der Waals surface area contributed by atoms with Gasteiger partial charge >= 0.3 is 0 Å². The van der Waals surface area contributed by atoms with Gasteiger partial charge in [0.05, 0.1) is 7.11 Å². The molecular weight excluding hydrogens is 325 g/mol. The van der Waals surface area contributed by atoms with Crippen LogP contribution in [-0.4, -0.2) is 31.9 Å². The predicted octanol–water partition coefficient (Wildman–Crippen LogP) is 2.84. The predicted molar refractivity (Wildman–Crippen MR) is 79.9 cm³/mol. The molecule has 0 radical (unpaired) electrons. The standard InChI is InChI=1S/C11H10Cl3N5O/c1-20-7-4-2-3-6(5-7)8-16-10(19-18-8)17-9(15)11(12,13)14/h2-5H,1H3,(H3,15,16,17,18,19). The molecule has 0 aliphatic carbocycles. The van der Waals surface area contributed by atoms with Crippen molar-refractivity contribution in [2.24, 2.45) is 10.7 Å². The molecule has 0 atom stereocenters. The zero-order valence-corrected chi connectivity index (χ0v) is 12.5. The molecule has 3 N–H and O–H groups in total. The summed E-state index contributed by atoms with van der Waals surface area (Å²) in [5.74, 6) is 1.06. The third-order valence-electron chi connectivity index (χ3n) is 2.33. The number of aromatic amines is 1. The lowest BCUT2D eigenvalue weighted by Gasteiger charge is -2.07. The number of methoxy groups -OCH3 is 1. The maximum Gasteiger partial charge on any atom is 0.270 e. The highest BCUT2D eigenvalue weighted by molar-refractivity contribution is 6.76. The molecule has 1 aromatic heterocycles. The van der Waals surface area contributed by atoms with E-state index in [-0.39, 0.29) is 11.8 Å². The number of nitrogens with two attached hydrogens (primary N) is 1. The summed E-state index contributed by atoms with van der Waals surface area (Å²) in [5, 5.41) is 6.60. The Bertz CT molecular complexity index is 635. The Labute approximate surface area is 129 Å². The number of nitrogens with zero attached hydrogens (tertiary/aromatic N) is 3. The summed E-state index contributed by atoms with van der Waals surface area (Å²) in [7, 11) is 1.58. The average Bonchev–Trinajstić information content (AvgIpc) is 2.86. The molecule has 106 valence electrons. The third kappa shape index (κ3) is 3.53. The number of nitrogens with one attached hydrogen (secondary N) is 1. The SMILES string of the molecule is COc1cccc(-c2nc(/N=C(\N)C(Cl)(Cl)Cl)n[nH]2)c1. The van der Waals surface area contributed by atoms with E-state index in [4.69, 9.17) is 45.3 Å². The highest BCUT2D eigenvalue weighted by atomic mass is 35.6. The van der Waals surface area contributed by atoms with Crippen molar-refractivity contribution in [3.05, 3.63) is 24.3 Å². The Morgan fingerprint density at radius 3 is 2.80 bits per heavy atom. The molecule has 0 aliphatic rings. The molecule has 20 heavy (non-hydrogen) atoms. The summed E-state index contributed by atoms with van der Waals surface area (Å²) in [6.07, 6.45) is 0. The Kier molecular flexibility index (Phi) is 4.37. The van der Waals surface area contributed by atoms with Gasteiger partial charge in [-0.3, -0.25) is 5.10 Å². The van der Waals surface area contributed by atoms with E-state index < -0.39 is 3.79 Å². The van der Waals surface area contributed by atoms with Gasteiger partial charge in [-0.05, 0) is 12.1 Å². The number of benzene rings is 1. The summed E-state index contributed by atoms with van der Waals surface area (Å²) >= 11 is 16.8. The third-order valence-corrected chi connectivity index (χ3v) is 2.91. The van der Waals surface area contributed by atoms with Gasteiger partial charge in [0.25, 0.3) is 5.95 Å². The average molecular weight is 335 g/mol. The number of H-pyrrole nitrogens is 1. The maximum atomic E-state index is 5.59. The summed E-state index contributed by atoms with van der Waals surface area (Å²) in [6, 6.07) is 7.29. The van der Waals surface area contributed by atoms with Crippen molar-refractivity contribution in [1.82, 2.24) is 15.2 Å². The molecule has 6 nitrogen and oxygen atoms in total. The van der Waals surface area contributed by atoms with Crippen LogP contribution in [0.15, 0.2) is 29.3 Å². The summed E-state index contributed by atoms with van der Waals surface area (Å²) < 4.78 is 3.34. The number of hydrogen-bond donors (Lipinski definition) is 2. The van der Waals surface area contributed by atoms with E-state index in [1.165, 1.54) is 0 Å². The molecule has 9 heteroatoms. The van der Waals surface area contributed by atoms with Crippen molar-refractivity contribution < 1.29 is 4.74 Å². The second kappa shape index (κ2) is 5.87. The van der Waals surface area contributed by atoms with E-state index in [0.717, 1.165) is 5.56 Å². The first kappa shape index (κ1) is 14.9. The van der Waals surface area contributed by atoms with Crippen LogP contribution in [-0.2, 0) is 0 Å². The first-order chi connectivity index (χ1) is 9.40. The molecule has 0 saturated heterocycles. The van der Waals surface area contributed by atoms with Gasteiger partial charge in [-0.2, -0.15) is 9.98 Å². The molecule has 0 fully saturated rings. The molecule has 0 spiro atoms. The monoisotopic (exact) mass is 333 g/mol. The minimum absolute atomic E-state index is 0.0756. The van der Waals surface area contributed by atoms with Crippen molar-refractivity contribution in [2.75, 3.05) is 7.11 Å². The van der Waals surface area contributed by atoms with Crippen LogP contribution in [0.1, 0.15) is 0 Å². The molecule has 0 bridgehead atoms. The van der Waals surface area contributed by atoms with Gasteiger partial charge < -0.3 is 10.5 Å². The Morgan fingerprint density at radius 2 is 2.15 bits per heavy atom. The number of aromatic nitrogens is 3. The number of hydrogen-bond acceptors (Lipinski definition) is 4. The van der Waals surface area contributed by atoms with E-state index in [2.05, 4.69) is 20.2 Å². The summed E-state index contributed by atoms with van der Waals surface area (Å²) in [4.78, 5) is 7.98. The minimum Gasteiger partial charge on any atom is -0.497 e. The van der Waals surface area contributed by atoms with Gasteiger partial charge in [-0.25, -0.2) is 0 Å². The zero-order valence-electron chi connectivity index (χ0n) is 10.3. The lowest BCUT2D eigenvalue weighted by atomic mass is 10.2. The largest absolute Gasteiger partial charge is 0.497 e. The fourth-order valence-electron chi connectivity index (χ4n) is 1.37. The van der Waals surface area contributed by atoms with Gasteiger partial charge in [0, 0.05) is 5.56 Å². The van der Waals surface area contributed by atoms with Gasteiger partial charge in [-0.15, -0.1) is 5.10 Å². The second-order valence-corrected chi connectivity index (χ2v) is 5.99.